The number of hydrogen-bond donors (Lipinski definition) is 0. The first-order chi connectivity index (χ1) is 16.0. The van der Waals surface area contributed by atoms with E-state index in [2.05, 4.69) is 31.2 Å². The molecule has 0 aliphatic rings. The van der Waals surface area contributed by atoms with Crippen LogP contribution < -0.4 is 0 Å². The van der Waals surface area contributed by atoms with E-state index in [1.807, 2.05) is 23.9 Å². The lowest BCUT2D eigenvalue weighted by atomic mass is 10.0. The zero-order chi connectivity index (χ0) is 23.9. The van der Waals surface area contributed by atoms with E-state index in [9.17, 15) is 9.59 Å². The van der Waals surface area contributed by atoms with Gasteiger partial charge in [-0.3, -0.25) is 0 Å². The Kier molecular flexibility index (Phi) is 12.7. The number of carbonyl (C=O) groups is 2. The summed E-state index contributed by atoms with van der Waals surface area (Å²) in [4.78, 5) is 25.2. The fourth-order valence-electron chi connectivity index (χ4n) is 3.50. The van der Waals surface area contributed by atoms with Crippen molar-refractivity contribution in [3.63, 3.8) is 0 Å². The molecule has 33 heavy (non-hydrogen) atoms. The molecule has 0 saturated heterocycles. The number of benzene rings is 2. The lowest BCUT2D eigenvalue weighted by Gasteiger charge is -2.12. The molecule has 0 amide bonds. The van der Waals surface area contributed by atoms with Crippen molar-refractivity contribution < 1.29 is 19.1 Å². The van der Waals surface area contributed by atoms with E-state index in [0.29, 0.717) is 5.56 Å². The third kappa shape index (κ3) is 10.0. The van der Waals surface area contributed by atoms with E-state index in [0.717, 1.165) is 16.9 Å². The number of esters is 2. The van der Waals surface area contributed by atoms with Crippen molar-refractivity contribution in [3.05, 3.63) is 54.1 Å². The summed E-state index contributed by atoms with van der Waals surface area (Å²) in [5, 5.41) is 0. The summed E-state index contributed by atoms with van der Waals surface area (Å²) >= 11 is 1.91. The van der Waals surface area contributed by atoms with E-state index in [4.69, 9.17) is 9.47 Å². The molecule has 2 aromatic carbocycles. The van der Waals surface area contributed by atoms with E-state index in [1.54, 1.807) is 19.1 Å². The Bertz CT molecular complexity index is 830. The quantitative estimate of drug-likeness (QED) is 0.152. The zero-order valence-corrected chi connectivity index (χ0v) is 21.1. The number of ether oxygens (including phenoxy) is 2. The van der Waals surface area contributed by atoms with Gasteiger partial charge in [0.1, 0.15) is 0 Å². The van der Waals surface area contributed by atoms with Gasteiger partial charge in [-0.05, 0) is 61.4 Å². The molecular formula is C28H38O4S. The van der Waals surface area contributed by atoms with Gasteiger partial charge >= 0.3 is 11.9 Å². The predicted molar refractivity (Wildman–Crippen MR) is 137 cm³/mol. The monoisotopic (exact) mass is 470 g/mol. The van der Waals surface area contributed by atoms with Gasteiger partial charge in [0.05, 0.1) is 12.2 Å². The number of carbonyl (C=O) groups excluding carboxylic acids is 2. The molecule has 0 spiro atoms. The topological polar surface area (TPSA) is 52.6 Å². The SMILES string of the molecule is CCCCCCCCCCSc1ccc(-c2ccc(C(=O)O[C@@H](C)C(=O)OCC)cc2)cc1. The van der Waals surface area contributed by atoms with Crippen LogP contribution in [0.4, 0.5) is 0 Å². The lowest BCUT2D eigenvalue weighted by Crippen LogP contribution is -2.26. The van der Waals surface area contributed by atoms with Crippen LogP contribution in [0.3, 0.4) is 0 Å². The molecular weight excluding hydrogens is 432 g/mol. The Morgan fingerprint density at radius 3 is 1.91 bits per heavy atom. The Hall–Kier alpha value is -2.27. The fourth-order valence-corrected chi connectivity index (χ4v) is 4.42. The summed E-state index contributed by atoms with van der Waals surface area (Å²) in [5.41, 5.74) is 2.54. The lowest BCUT2D eigenvalue weighted by molar-refractivity contribution is -0.152. The van der Waals surface area contributed by atoms with Gasteiger partial charge in [0.25, 0.3) is 0 Å². The van der Waals surface area contributed by atoms with Crippen LogP contribution in [0.5, 0.6) is 0 Å². The van der Waals surface area contributed by atoms with Gasteiger partial charge in [-0.15, -0.1) is 11.8 Å². The van der Waals surface area contributed by atoms with E-state index in [-0.39, 0.29) is 6.61 Å². The summed E-state index contributed by atoms with van der Waals surface area (Å²) in [6.07, 6.45) is 9.86. The van der Waals surface area contributed by atoms with E-state index < -0.39 is 18.0 Å². The molecule has 1 atom stereocenters. The van der Waals surface area contributed by atoms with Crippen molar-refractivity contribution in [3.8, 4) is 11.1 Å². The molecule has 2 aromatic rings. The maximum absolute atomic E-state index is 12.2. The standard InChI is InChI=1S/C28H38O4S/c1-4-6-7-8-9-10-11-12-21-33-26-19-17-24(18-20-26)23-13-15-25(16-14-23)28(30)32-22(3)27(29)31-5-2/h13-20,22H,4-12,21H2,1-3H3/t22-/m0/s1. The van der Waals surface area contributed by atoms with E-state index in [1.165, 1.54) is 63.2 Å². The first kappa shape index (κ1) is 27.0. The molecule has 5 heteroatoms. The third-order valence-electron chi connectivity index (χ3n) is 5.48. The van der Waals surface area contributed by atoms with E-state index >= 15 is 0 Å². The van der Waals surface area contributed by atoms with Gasteiger partial charge in [-0.1, -0.05) is 76.1 Å². The summed E-state index contributed by atoms with van der Waals surface area (Å²) in [6.45, 7) is 5.74. The highest BCUT2D eigenvalue weighted by molar-refractivity contribution is 7.99. The van der Waals surface area contributed by atoms with Crippen LogP contribution in [0.15, 0.2) is 53.4 Å². The largest absolute Gasteiger partial charge is 0.463 e. The second-order valence-electron chi connectivity index (χ2n) is 8.22. The Balaban J connectivity index is 1.75. The molecule has 0 heterocycles. The summed E-state index contributed by atoms with van der Waals surface area (Å²) in [6, 6.07) is 15.8. The maximum atomic E-state index is 12.2. The normalized spacial score (nSPS) is 11.7. The Labute approximate surface area is 203 Å². The molecule has 0 unspecified atom stereocenters. The van der Waals surface area contributed by atoms with Crippen LogP contribution in [0.2, 0.25) is 0 Å². The number of unbranched alkanes of at least 4 members (excludes halogenated alkanes) is 7. The smallest absolute Gasteiger partial charge is 0.347 e. The van der Waals surface area contributed by atoms with Crippen LogP contribution in [-0.4, -0.2) is 30.4 Å². The first-order valence-electron chi connectivity index (χ1n) is 12.3. The Morgan fingerprint density at radius 1 is 0.788 bits per heavy atom. The second-order valence-corrected chi connectivity index (χ2v) is 9.39. The molecule has 2 rings (SSSR count). The van der Waals surface area contributed by atoms with Gasteiger partial charge < -0.3 is 9.47 Å². The van der Waals surface area contributed by atoms with Crippen LogP contribution in [0.25, 0.3) is 11.1 Å². The average molecular weight is 471 g/mol. The molecule has 180 valence electrons. The molecule has 0 aromatic heterocycles. The van der Waals surface area contributed by atoms with Crippen LogP contribution in [0, 0.1) is 0 Å². The van der Waals surface area contributed by atoms with Crippen LogP contribution >= 0.6 is 11.8 Å². The van der Waals surface area contributed by atoms with Gasteiger partial charge in [0, 0.05) is 4.90 Å². The fraction of sp³-hybridized carbons (Fsp3) is 0.500. The predicted octanol–water partition coefficient (Wildman–Crippen LogP) is 7.69. The van der Waals surface area contributed by atoms with Gasteiger partial charge in [-0.2, -0.15) is 0 Å². The van der Waals surface area contributed by atoms with Crippen molar-refractivity contribution in [1.82, 2.24) is 0 Å². The molecule has 0 aliphatic heterocycles. The number of thioether (sulfide) groups is 1. The minimum Gasteiger partial charge on any atom is -0.463 e. The highest BCUT2D eigenvalue weighted by atomic mass is 32.2. The summed E-state index contributed by atoms with van der Waals surface area (Å²) in [7, 11) is 0. The number of rotatable bonds is 15. The Morgan fingerprint density at radius 2 is 1.33 bits per heavy atom. The minimum absolute atomic E-state index is 0.256. The molecule has 0 aliphatic carbocycles. The molecule has 0 saturated carbocycles. The van der Waals surface area contributed by atoms with Gasteiger partial charge in [-0.25, -0.2) is 9.59 Å². The van der Waals surface area contributed by atoms with Crippen molar-refractivity contribution in [1.29, 1.82) is 0 Å². The summed E-state index contributed by atoms with van der Waals surface area (Å²) in [5.74, 6) is 0.0904. The first-order valence-corrected chi connectivity index (χ1v) is 13.2. The van der Waals surface area contributed by atoms with Crippen molar-refractivity contribution in [2.24, 2.45) is 0 Å². The maximum Gasteiger partial charge on any atom is 0.347 e. The van der Waals surface area contributed by atoms with Gasteiger partial charge in [0.15, 0.2) is 6.10 Å². The average Bonchev–Trinajstić information content (AvgIpc) is 2.83. The van der Waals surface area contributed by atoms with Crippen molar-refractivity contribution in [2.75, 3.05) is 12.4 Å². The highest BCUT2D eigenvalue weighted by Crippen LogP contribution is 2.25. The number of hydrogen-bond acceptors (Lipinski definition) is 5. The zero-order valence-electron chi connectivity index (χ0n) is 20.3. The molecule has 0 bridgehead atoms. The molecule has 4 nitrogen and oxygen atoms in total. The van der Waals surface area contributed by atoms with Crippen molar-refractivity contribution >= 4 is 23.7 Å². The van der Waals surface area contributed by atoms with Crippen molar-refractivity contribution in [2.45, 2.75) is 83.1 Å². The molecule has 0 fully saturated rings. The second kappa shape index (κ2) is 15.5. The van der Waals surface area contributed by atoms with Crippen LogP contribution in [-0.2, 0) is 14.3 Å². The minimum atomic E-state index is -0.923. The third-order valence-corrected chi connectivity index (χ3v) is 6.58. The van der Waals surface area contributed by atoms with Crippen LogP contribution in [0.1, 0.15) is 82.5 Å². The summed E-state index contributed by atoms with van der Waals surface area (Å²) < 4.78 is 10.0. The highest BCUT2D eigenvalue weighted by Gasteiger charge is 2.19. The van der Waals surface area contributed by atoms with Gasteiger partial charge in [0.2, 0.25) is 0 Å². The molecule has 0 radical (unpaired) electrons. The molecule has 0 N–H and O–H groups in total.